The van der Waals surface area contributed by atoms with Crippen LogP contribution in [-0.4, -0.2) is 19.7 Å². The monoisotopic (exact) mass is 406 g/mol. The number of halogens is 4. The van der Waals surface area contributed by atoms with Crippen LogP contribution < -0.4 is 14.2 Å². The Hall–Kier alpha value is -1.86. The second-order valence-electron chi connectivity index (χ2n) is 4.21. The quantitative estimate of drug-likeness (QED) is 0.521. The van der Waals surface area contributed by atoms with Crippen LogP contribution in [0.15, 0.2) is 40.9 Å². The second kappa shape index (κ2) is 7.61. The normalized spacial score (nSPS) is 10.5. The van der Waals surface area contributed by atoms with Gasteiger partial charge < -0.3 is 14.2 Å². The molecule has 0 aliphatic heterocycles. The average Bonchev–Trinajstić information content (AvgIpc) is 2.49. The molecule has 2 rings (SSSR count). The highest BCUT2D eigenvalue weighted by atomic mass is 79.9. The fourth-order valence-electron chi connectivity index (χ4n) is 1.70. The third-order valence-electron chi connectivity index (χ3n) is 2.71. The van der Waals surface area contributed by atoms with Crippen molar-refractivity contribution in [3.63, 3.8) is 0 Å². The lowest BCUT2D eigenvalue weighted by Gasteiger charge is -2.11. The molecule has 8 heteroatoms. The SMILES string of the molecule is COc1cc(C(=O)Oc2ccc(Br)cc2Cl)ccc1OC(F)F. The molecule has 0 aromatic heterocycles. The minimum absolute atomic E-state index is 0.0124. The predicted molar refractivity (Wildman–Crippen MR) is 83.7 cm³/mol. The summed E-state index contributed by atoms with van der Waals surface area (Å²) >= 11 is 9.20. The topological polar surface area (TPSA) is 44.8 Å². The number of carbonyl (C=O) groups excluding carboxylic acids is 1. The van der Waals surface area contributed by atoms with Gasteiger partial charge in [-0.3, -0.25) is 0 Å². The van der Waals surface area contributed by atoms with Crippen LogP contribution in [0.1, 0.15) is 10.4 Å². The molecule has 2 aromatic rings. The molecule has 0 unspecified atom stereocenters. The molecule has 0 aliphatic carbocycles. The van der Waals surface area contributed by atoms with Gasteiger partial charge in [-0.2, -0.15) is 8.78 Å². The van der Waals surface area contributed by atoms with E-state index >= 15 is 0 Å². The smallest absolute Gasteiger partial charge is 0.387 e. The first-order valence-electron chi connectivity index (χ1n) is 6.21. The van der Waals surface area contributed by atoms with Crippen molar-refractivity contribution in [1.82, 2.24) is 0 Å². The predicted octanol–water partition coefficient (Wildman–Crippen LogP) is 4.93. The van der Waals surface area contributed by atoms with Gasteiger partial charge >= 0.3 is 12.6 Å². The maximum Gasteiger partial charge on any atom is 0.387 e. The van der Waals surface area contributed by atoms with Crippen LogP contribution in [0.2, 0.25) is 5.02 Å². The lowest BCUT2D eigenvalue weighted by Crippen LogP contribution is -2.10. The van der Waals surface area contributed by atoms with Crippen molar-refractivity contribution in [2.24, 2.45) is 0 Å². The third-order valence-corrected chi connectivity index (χ3v) is 3.50. The van der Waals surface area contributed by atoms with Gasteiger partial charge in [-0.15, -0.1) is 0 Å². The molecule has 4 nitrogen and oxygen atoms in total. The van der Waals surface area contributed by atoms with Crippen molar-refractivity contribution in [2.45, 2.75) is 6.61 Å². The Labute approximate surface area is 144 Å². The molecular weight excluding hydrogens is 398 g/mol. The summed E-state index contributed by atoms with van der Waals surface area (Å²) < 4.78 is 39.7. The number of hydrogen-bond donors (Lipinski definition) is 0. The van der Waals surface area contributed by atoms with E-state index in [4.69, 9.17) is 21.1 Å². The summed E-state index contributed by atoms with van der Waals surface area (Å²) in [6.45, 7) is -3.00. The van der Waals surface area contributed by atoms with Gasteiger partial charge in [0.25, 0.3) is 0 Å². The molecule has 0 aliphatic rings. The third kappa shape index (κ3) is 4.56. The number of hydrogen-bond acceptors (Lipinski definition) is 4. The summed E-state index contributed by atoms with van der Waals surface area (Å²) in [7, 11) is 1.27. The van der Waals surface area contributed by atoms with Crippen LogP contribution in [0.3, 0.4) is 0 Å². The number of benzene rings is 2. The van der Waals surface area contributed by atoms with Gasteiger partial charge in [0, 0.05) is 4.47 Å². The van der Waals surface area contributed by atoms with Crippen LogP contribution in [0, 0.1) is 0 Å². The number of esters is 1. The maximum atomic E-state index is 12.3. The lowest BCUT2D eigenvalue weighted by molar-refractivity contribution is -0.0512. The summed E-state index contributed by atoms with van der Waals surface area (Å²) in [4.78, 5) is 12.1. The van der Waals surface area contributed by atoms with Crippen molar-refractivity contribution < 1.29 is 27.8 Å². The fourth-order valence-corrected chi connectivity index (χ4v) is 2.42. The number of carbonyl (C=O) groups is 1. The van der Waals surface area contributed by atoms with Crippen LogP contribution in [0.4, 0.5) is 8.78 Å². The lowest BCUT2D eigenvalue weighted by atomic mass is 10.2. The van der Waals surface area contributed by atoms with E-state index in [-0.39, 0.29) is 27.8 Å². The highest BCUT2D eigenvalue weighted by molar-refractivity contribution is 9.10. The van der Waals surface area contributed by atoms with Crippen molar-refractivity contribution in [1.29, 1.82) is 0 Å². The standard InChI is InChI=1S/C15H10BrClF2O4/c1-21-13-6-8(2-4-12(13)23-15(18)19)14(20)22-11-5-3-9(16)7-10(11)17/h2-7,15H,1H3. The van der Waals surface area contributed by atoms with E-state index in [1.54, 1.807) is 12.1 Å². The van der Waals surface area contributed by atoms with Crippen molar-refractivity contribution >= 4 is 33.5 Å². The Morgan fingerprint density at radius 1 is 1.13 bits per heavy atom. The Morgan fingerprint density at radius 3 is 2.43 bits per heavy atom. The van der Waals surface area contributed by atoms with Crippen LogP contribution in [0.5, 0.6) is 17.2 Å². The van der Waals surface area contributed by atoms with Crippen LogP contribution in [0.25, 0.3) is 0 Å². The summed E-state index contributed by atoms with van der Waals surface area (Å²) in [6, 6.07) is 8.49. The molecule has 2 aromatic carbocycles. The molecule has 23 heavy (non-hydrogen) atoms. The van der Waals surface area contributed by atoms with E-state index in [0.717, 1.165) is 4.47 Å². The van der Waals surface area contributed by atoms with E-state index < -0.39 is 12.6 Å². The zero-order valence-corrected chi connectivity index (χ0v) is 14.0. The van der Waals surface area contributed by atoms with Crippen LogP contribution >= 0.6 is 27.5 Å². The first-order valence-corrected chi connectivity index (χ1v) is 7.38. The van der Waals surface area contributed by atoms with Gasteiger partial charge in [0.1, 0.15) is 5.75 Å². The maximum absolute atomic E-state index is 12.3. The zero-order chi connectivity index (χ0) is 17.0. The molecule has 0 bridgehead atoms. The first-order chi connectivity index (χ1) is 10.9. The number of rotatable bonds is 5. The average molecular weight is 408 g/mol. The van der Waals surface area contributed by atoms with Crippen LogP contribution in [-0.2, 0) is 0 Å². The largest absolute Gasteiger partial charge is 0.493 e. The molecule has 0 saturated heterocycles. The summed E-state index contributed by atoms with van der Waals surface area (Å²) in [5, 5.41) is 0.248. The van der Waals surface area contributed by atoms with E-state index in [9.17, 15) is 13.6 Å². The molecule has 122 valence electrons. The summed E-state index contributed by atoms with van der Waals surface area (Å²) in [5.41, 5.74) is 0.0995. The summed E-state index contributed by atoms with van der Waals surface area (Å²) in [5.74, 6) is -0.731. The molecule has 0 amide bonds. The van der Waals surface area contributed by atoms with Gasteiger partial charge in [-0.25, -0.2) is 4.79 Å². The van der Waals surface area contributed by atoms with Gasteiger partial charge in [0.2, 0.25) is 0 Å². The zero-order valence-electron chi connectivity index (χ0n) is 11.7. The molecule has 0 radical (unpaired) electrons. The molecule has 0 atom stereocenters. The molecule has 0 spiro atoms. The van der Waals surface area contributed by atoms with Gasteiger partial charge in [-0.1, -0.05) is 27.5 Å². The highest BCUT2D eigenvalue weighted by Crippen LogP contribution is 2.31. The van der Waals surface area contributed by atoms with Gasteiger partial charge in [0.05, 0.1) is 17.7 Å². The second-order valence-corrected chi connectivity index (χ2v) is 5.53. The number of ether oxygens (including phenoxy) is 3. The molecule has 0 fully saturated rings. The van der Waals surface area contributed by atoms with Crippen molar-refractivity contribution in [3.8, 4) is 17.2 Å². The summed E-state index contributed by atoms with van der Waals surface area (Å²) in [6.07, 6.45) is 0. The van der Waals surface area contributed by atoms with E-state index in [1.807, 2.05) is 0 Å². The number of alkyl halides is 2. The van der Waals surface area contributed by atoms with Crippen molar-refractivity contribution in [2.75, 3.05) is 7.11 Å². The Kier molecular flexibility index (Phi) is 5.79. The van der Waals surface area contributed by atoms with Gasteiger partial charge in [0.15, 0.2) is 11.5 Å². The van der Waals surface area contributed by atoms with Gasteiger partial charge in [-0.05, 0) is 36.4 Å². The molecule has 0 saturated carbocycles. The van der Waals surface area contributed by atoms with E-state index in [2.05, 4.69) is 20.7 Å². The van der Waals surface area contributed by atoms with E-state index in [1.165, 1.54) is 31.4 Å². The molecule has 0 N–H and O–H groups in total. The Bertz CT molecular complexity index is 725. The minimum Gasteiger partial charge on any atom is -0.493 e. The highest BCUT2D eigenvalue weighted by Gasteiger charge is 2.16. The first kappa shape index (κ1) is 17.5. The van der Waals surface area contributed by atoms with Crippen molar-refractivity contribution in [3.05, 3.63) is 51.5 Å². The fraction of sp³-hybridized carbons (Fsp3) is 0.133. The Morgan fingerprint density at radius 2 is 1.83 bits per heavy atom. The molecule has 0 heterocycles. The van der Waals surface area contributed by atoms with E-state index in [0.29, 0.717) is 0 Å². The molecular formula is C15H10BrClF2O4. The number of methoxy groups -OCH3 is 1. The Balaban J connectivity index is 2.22. The minimum atomic E-state index is -3.00.